The van der Waals surface area contributed by atoms with E-state index in [1.807, 2.05) is 0 Å². The number of hydrogen-bond acceptors (Lipinski definition) is 1. The van der Waals surface area contributed by atoms with Gasteiger partial charge in [-0.05, 0) is 30.9 Å². The van der Waals surface area contributed by atoms with Gasteiger partial charge in [0.25, 0.3) is 0 Å². The van der Waals surface area contributed by atoms with Crippen LogP contribution in [-0.4, -0.2) is 6.61 Å². The molecule has 70 valence electrons. The summed E-state index contributed by atoms with van der Waals surface area (Å²) in [6.45, 7) is 0.668. The van der Waals surface area contributed by atoms with Crippen molar-refractivity contribution in [3.05, 3.63) is 30.1 Å². The summed E-state index contributed by atoms with van der Waals surface area (Å²) in [7, 11) is 0. The highest BCUT2D eigenvalue weighted by Crippen LogP contribution is 2.27. The van der Waals surface area contributed by atoms with E-state index in [0.29, 0.717) is 18.3 Å². The Kier molecular flexibility index (Phi) is 2.48. The predicted molar refractivity (Wildman–Crippen MR) is 49.2 cm³/mol. The van der Waals surface area contributed by atoms with Gasteiger partial charge in [0.05, 0.1) is 6.61 Å². The van der Waals surface area contributed by atoms with Gasteiger partial charge in [0, 0.05) is 0 Å². The van der Waals surface area contributed by atoms with Gasteiger partial charge in [0.2, 0.25) is 0 Å². The molecule has 0 amide bonds. The van der Waals surface area contributed by atoms with Crippen LogP contribution in [0.15, 0.2) is 24.3 Å². The lowest BCUT2D eigenvalue weighted by atomic mass is 9.86. The molecule has 0 unspecified atom stereocenters. The molecule has 1 fully saturated rings. The van der Waals surface area contributed by atoms with Crippen LogP contribution in [0.5, 0.6) is 5.75 Å². The molecule has 1 saturated carbocycles. The summed E-state index contributed by atoms with van der Waals surface area (Å²) in [6, 6.07) is 6.56. The fourth-order valence-electron chi connectivity index (χ4n) is 1.43. The zero-order valence-corrected chi connectivity index (χ0v) is 7.50. The van der Waals surface area contributed by atoms with Crippen LogP contribution in [0.1, 0.15) is 19.3 Å². The van der Waals surface area contributed by atoms with Gasteiger partial charge in [-0.1, -0.05) is 18.6 Å². The topological polar surface area (TPSA) is 9.23 Å². The normalized spacial score (nSPS) is 16.7. The Bertz CT molecular complexity index is 281. The highest BCUT2D eigenvalue weighted by molar-refractivity contribution is 5.23. The van der Waals surface area contributed by atoms with Gasteiger partial charge >= 0.3 is 0 Å². The number of para-hydroxylation sites is 1. The molecule has 1 nitrogen and oxygen atoms in total. The van der Waals surface area contributed by atoms with Crippen molar-refractivity contribution in [3.63, 3.8) is 0 Å². The van der Waals surface area contributed by atoms with Crippen molar-refractivity contribution in [2.45, 2.75) is 19.3 Å². The van der Waals surface area contributed by atoms with Crippen LogP contribution in [0.2, 0.25) is 0 Å². The highest BCUT2D eigenvalue weighted by Gasteiger charge is 2.18. The third-order valence-electron chi connectivity index (χ3n) is 2.54. The van der Waals surface area contributed by atoms with E-state index in [1.54, 1.807) is 18.2 Å². The lowest BCUT2D eigenvalue weighted by Crippen LogP contribution is -2.19. The van der Waals surface area contributed by atoms with E-state index in [4.69, 9.17) is 4.74 Å². The largest absolute Gasteiger partial charge is 0.490 e. The van der Waals surface area contributed by atoms with E-state index < -0.39 is 0 Å². The summed E-state index contributed by atoms with van der Waals surface area (Å²) < 4.78 is 18.4. The van der Waals surface area contributed by atoms with Gasteiger partial charge in [-0.15, -0.1) is 0 Å². The maximum atomic E-state index is 13.0. The summed E-state index contributed by atoms with van der Waals surface area (Å²) in [5.41, 5.74) is 0. The Morgan fingerprint density at radius 3 is 2.69 bits per heavy atom. The fourth-order valence-corrected chi connectivity index (χ4v) is 1.43. The molecule has 0 bridgehead atoms. The Labute approximate surface area is 77.5 Å². The van der Waals surface area contributed by atoms with Gasteiger partial charge in [-0.3, -0.25) is 0 Å². The summed E-state index contributed by atoms with van der Waals surface area (Å²) in [4.78, 5) is 0. The van der Waals surface area contributed by atoms with Gasteiger partial charge in [0.1, 0.15) is 0 Å². The number of halogens is 1. The molecule has 0 aliphatic heterocycles. The lowest BCUT2D eigenvalue weighted by molar-refractivity contribution is 0.175. The smallest absolute Gasteiger partial charge is 0.165 e. The quantitative estimate of drug-likeness (QED) is 0.694. The zero-order chi connectivity index (χ0) is 9.10. The molecule has 1 aromatic rings. The highest BCUT2D eigenvalue weighted by atomic mass is 19.1. The minimum atomic E-state index is -0.262. The monoisotopic (exact) mass is 180 g/mol. The van der Waals surface area contributed by atoms with Crippen LogP contribution < -0.4 is 4.74 Å². The van der Waals surface area contributed by atoms with Crippen LogP contribution in [0.3, 0.4) is 0 Å². The minimum absolute atomic E-state index is 0.262. The first kappa shape index (κ1) is 8.54. The Hall–Kier alpha value is -1.05. The van der Waals surface area contributed by atoms with Gasteiger partial charge < -0.3 is 4.74 Å². The number of ether oxygens (including phenoxy) is 1. The number of benzene rings is 1. The maximum absolute atomic E-state index is 13.0. The maximum Gasteiger partial charge on any atom is 0.165 e. The second-order valence-corrected chi connectivity index (χ2v) is 3.54. The second-order valence-electron chi connectivity index (χ2n) is 3.54. The third-order valence-corrected chi connectivity index (χ3v) is 2.54. The van der Waals surface area contributed by atoms with Crippen molar-refractivity contribution in [1.82, 2.24) is 0 Å². The molecular formula is C11H13FO. The molecule has 0 saturated heterocycles. The average Bonchev–Trinajstić information content (AvgIpc) is 2.05. The van der Waals surface area contributed by atoms with Crippen LogP contribution in [0, 0.1) is 11.7 Å². The molecule has 13 heavy (non-hydrogen) atoms. The van der Waals surface area contributed by atoms with E-state index in [9.17, 15) is 4.39 Å². The van der Waals surface area contributed by atoms with Crippen LogP contribution in [0.25, 0.3) is 0 Å². The van der Waals surface area contributed by atoms with E-state index in [1.165, 1.54) is 25.3 Å². The van der Waals surface area contributed by atoms with Gasteiger partial charge in [-0.25, -0.2) is 4.39 Å². The molecule has 2 heteroatoms. The second kappa shape index (κ2) is 3.77. The lowest BCUT2D eigenvalue weighted by Gasteiger charge is -2.25. The summed E-state index contributed by atoms with van der Waals surface area (Å²) in [5, 5.41) is 0. The summed E-state index contributed by atoms with van der Waals surface area (Å²) in [6.07, 6.45) is 3.76. The Morgan fingerprint density at radius 2 is 2.08 bits per heavy atom. The first-order chi connectivity index (χ1) is 6.36. The van der Waals surface area contributed by atoms with E-state index in [0.717, 1.165) is 0 Å². The molecule has 2 rings (SSSR count). The van der Waals surface area contributed by atoms with Crippen molar-refractivity contribution in [2.24, 2.45) is 5.92 Å². The molecule has 1 aromatic carbocycles. The predicted octanol–water partition coefficient (Wildman–Crippen LogP) is 3.00. The molecule has 1 aliphatic rings. The minimum Gasteiger partial charge on any atom is -0.490 e. The first-order valence-corrected chi connectivity index (χ1v) is 4.73. The Balaban J connectivity index is 1.89. The molecule has 0 spiro atoms. The van der Waals surface area contributed by atoms with E-state index in [2.05, 4.69) is 0 Å². The molecular weight excluding hydrogens is 167 g/mol. The molecule has 0 heterocycles. The SMILES string of the molecule is Fc1ccccc1OCC1CCC1. The van der Waals surface area contributed by atoms with Gasteiger partial charge in [-0.2, -0.15) is 0 Å². The van der Waals surface area contributed by atoms with Gasteiger partial charge in [0.15, 0.2) is 11.6 Å². The standard InChI is InChI=1S/C11H13FO/c12-10-6-1-2-7-11(10)13-8-9-4-3-5-9/h1-2,6-7,9H,3-5,8H2. The third kappa shape index (κ3) is 2.00. The van der Waals surface area contributed by atoms with E-state index >= 15 is 0 Å². The van der Waals surface area contributed by atoms with Crippen molar-refractivity contribution < 1.29 is 9.13 Å². The van der Waals surface area contributed by atoms with E-state index in [-0.39, 0.29) is 5.82 Å². The van der Waals surface area contributed by atoms with Crippen LogP contribution in [-0.2, 0) is 0 Å². The van der Waals surface area contributed by atoms with Crippen LogP contribution >= 0.6 is 0 Å². The number of rotatable bonds is 3. The van der Waals surface area contributed by atoms with Crippen LogP contribution in [0.4, 0.5) is 4.39 Å². The first-order valence-electron chi connectivity index (χ1n) is 4.73. The van der Waals surface area contributed by atoms with Crippen molar-refractivity contribution >= 4 is 0 Å². The summed E-state index contributed by atoms with van der Waals surface area (Å²) >= 11 is 0. The fraction of sp³-hybridized carbons (Fsp3) is 0.455. The zero-order valence-electron chi connectivity index (χ0n) is 7.50. The summed E-state index contributed by atoms with van der Waals surface area (Å²) in [5.74, 6) is 0.774. The van der Waals surface area contributed by atoms with Crippen molar-refractivity contribution in [1.29, 1.82) is 0 Å². The molecule has 0 N–H and O–H groups in total. The molecule has 0 atom stereocenters. The number of hydrogen-bond donors (Lipinski definition) is 0. The average molecular weight is 180 g/mol. The molecule has 1 aliphatic carbocycles. The molecule has 0 radical (unpaired) electrons. The van der Waals surface area contributed by atoms with Crippen molar-refractivity contribution in [2.75, 3.05) is 6.61 Å². The molecule has 0 aromatic heterocycles. The Morgan fingerprint density at radius 1 is 1.31 bits per heavy atom. The van der Waals surface area contributed by atoms with Crippen molar-refractivity contribution in [3.8, 4) is 5.75 Å².